The molecule has 0 aromatic carbocycles. The fraction of sp³-hybridized carbons (Fsp3) is 0.300. The van der Waals surface area contributed by atoms with E-state index in [-0.39, 0.29) is 0 Å². The minimum absolute atomic E-state index is 0.821. The molecule has 0 atom stereocenters. The molecule has 0 aliphatic rings. The normalized spacial score (nSPS) is 10.6. The van der Waals surface area contributed by atoms with Crippen LogP contribution in [0.25, 0.3) is 5.65 Å². The average Bonchev–Trinajstić information content (AvgIpc) is 2.60. The Morgan fingerprint density at radius 2 is 2.38 bits per heavy atom. The van der Waals surface area contributed by atoms with E-state index < -0.39 is 0 Å². The summed E-state index contributed by atoms with van der Waals surface area (Å²) in [4.78, 5) is 4.30. The summed E-state index contributed by atoms with van der Waals surface area (Å²) < 4.78 is 7.26. The van der Waals surface area contributed by atoms with Crippen LogP contribution in [0.2, 0.25) is 0 Å². The van der Waals surface area contributed by atoms with E-state index in [1.54, 1.807) is 7.11 Å². The van der Waals surface area contributed by atoms with Gasteiger partial charge >= 0.3 is 0 Å². The summed E-state index contributed by atoms with van der Waals surface area (Å²) in [5.74, 6) is 0.821. The van der Waals surface area contributed by atoms with Gasteiger partial charge in [-0.1, -0.05) is 6.92 Å². The Labute approximate surface area is 77.0 Å². The van der Waals surface area contributed by atoms with Gasteiger partial charge in [0.2, 0.25) is 0 Å². The molecule has 13 heavy (non-hydrogen) atoms. The molecule has 0 aliphatic carbocycles. The van der Waals surface area contributed by atoms with Crippen molar-refractivity contribution < 1.29 is 4.74 Å². The fourth-order valence-corrected chi connectivity index (χ4v) is 1.46. The lowest BCUT2D eigenvalue weighted by atomic mass is 10.3. The predicted molar refractivity (Wildman–Crippen MR) is 51.1 cm³/mol. The van der Waals surface area contributed by atoms with Gasteiger partial charge in [0.1, 0.15) is 0 Å². The first-order valence-electron chi connectivity index (χ1n) is 4.35. The van der Waals surface area contributed by atoms with Gasteiger partial charge in [0.05, 0.1) is 7.11 Å². The number of aryl methyl sites for hydroxylation is 1. The molecule has 0 fully saturated rings. The summed E-state index contributed by atoms with van der Waals surface area (Å²) >= 11 is 0. The van der Waals surface area contributed by atoms with Gasteiger partial charge in [0.15, 0.2) is 11.4 Å². The van der Waals surface area contributed by atoms with Crippen LogP contribution >= 0.6 is 0 Å². The highest BCUT2D eigenvalue weighted by Crippen LogP contribution is 2.18. The van der Waals surface area contributed by atoms with Gasteiger partial charge in [-0.3, -0.25) is 0 Å². The van der Waals surface area contributed by atoms with Crippen molar-refractivity contribution in [2.75, 3.05) is 7.11 Å². The molecular formula is C10H12N2O. The molecule has 3 nitrogen and oxygen atoms in total. The maximum absolute atomic E-state index is 5.20. The van der Waals surface area contributed by atoms with Crippen LogP contribution in [0, 0.1) is 0 Å². The molecule has 0 unspecified atom stereocenters. The third-order valence-corrected chi connectivity index (χ3v) is 2.16. The highest BCUT2D eigenvalue weighted by molar-refractivity contribution is 5.54. The number of hydrogen-bond acceptors (Lipinski definition) is 2. The Morgan fingerprint density at radius 1 is 1.54 bits per heavy atom. The molecule has 0 aliphatic heterocycles. The van der Waals surface area contributed by atoms with Crippen molar-refractivity contribution in [1.82, 2.24) is 9.38 Å². The Hall–Kier alpha value is -1.51. The summed E-state index contributed by atoms with van der Waals surface area (Å²) in [7, 11) is 1.66. The topological polar surface area (TPSA) is 26.5 Å². The number of hydrogen-bond donors (Lipinski definition) is 0. The predicted octanol–water partition coefficient (Wildman–Crippen LogP) is 1.91. The number of imidazole rings is 1. The Balaban J connectivity index is 2.72. The Morgan fingerprint density at radius 3 is 3.08 bits per heavy atom. The number of fused-ring (bicyclic) bond motifs is 1. The third kappa shape index (κ3) is 1.16. The summed E-state index contributed by atoms with van der Waals surface area (Å²) in [5, 5.41) is 0. The first kappa shape index (κ1) is 8.10. The molecule has 2 heterocycles. The van der Waals surface area contributed by atoms with Crippen molar-refractivity contribution >= 4 is 5.65 Å². The highest BCUT2D eigenvalue weighted by Gasteiger charge is 2.04. The maximum atomic E-state index is 5.20. The van der Waals surface area contributed by atoms with Crippen molar-refractivity contribution in [2.45, 2.75) is 13.3 Å². The highest BCUT2D eigenvalue weighted by atomic mass is 16.5. The average molecular weight is 176 g/mol. The summed E-state index contributed by atoms with van der Waals surface area (Å²) in [6, 6.07) is 3.88. The van der Waals surface area contributed by atoms with E-state index in [0.29, 0.717) is 0 Å². The molecule has 0 radical (unpaired) electrons. The summed E-state index contributed by atoms with van der Waals surface area (Å²) in [5.41, 5.74) is 2.09. The molecule has 0 N–H and O–H groups in total. The van der Waals surface area contributed by atoms with Crippen LogP contribution in [0.3, 0.4) is 0 Å². The van der Waals surface area contributed by atoms with Gasteiger partial charge in [-0.25, -0.2) is 4.98 Å². The second-order valence-corrected chi connectivity index (χ2v) is 2.87. The van der Waals surface area contributed by atoms with E-state index in [0.717, 1.165) is 17.8 Å². The molecule has 0 saturated heterocycles. The summed E-state index contributed by atoms with van der Waals surface area (Å²) in [6.07, 6.45) is 4.87. The molecule has 2 aromatic heterocycles. The number of rotatable bonds is 2. The van der Waals surface area contributed by atoms with E-state index in [1.807, 2.05) is 24.5 Å². The molecule has 0 spiro atoms. The van der Waals surface area contributed by atoms with Crippen LogP contribution in [0.1, 0.15) is 12.6 Å². The van der Waals surface area contributed by atoms with Crippen molar-refractivity contribution in [3.8, 4) is 5.75 Å². The number of aromatic nitrogens is 2. The van der Waals surface area contributed by atoms with E-state index in [4.69, 9.17) is 4.74 Å². The number of pyridine rings is 1. The van der Waals surface area contributed by atoms with Crippen LogP contribution in [0.4, 0.5) is 0 Å². The first-order valence-corrected chi connectivity index (χ1v) is 4.35. The monoisotopic (exact) mass is 176 g/mol. The van der Waals surface area contributed by atoms with Crippen LogP contribution in [-0.4, -0.2) is 16.5 Å². The molecular weight excluding hydrogens is 164 g/mol. The van der Waals surface area contributed by atoms with Gasteiger partial charge in [-0.2, -0.15) is 0 Å². The maximum Gasteiger partial charge on any atom is 0.179 e. The largest absolute Gasteiger partial charge is 0.493 e. The van der Waals surface area contributed by atoms with Crippen molar-refractivity contribution in [1.29, 1.82) is 0 Å². The number of methoxy groups -OCH3 is 1. The fourth-order valence-electron chi connectivity index (χ4n) is 1.46. The summed E-state index contributed by atoms with van der Waals surface area (Å²) in [6.45, 7) is 2.11. The van der Waals surface area contributed by atoms with E-state index in [9.17, 15) is 0 Å². The minimum atomic E-state index is 0.821. The lowest BCUT2D eigenvalue weighted by Gasteiger charge is -2.02. The standard InChI is InChI=1S/C10H12N2O/c1-3-8-7-11-10-9(13-2)5-4-6-12(8)10/h4-7H,3H2,1-2H3. The lowest BCUT2D eigenvalue weighted by molar-refractivity contribution is 0.417. The zero-order chi connectivity index (χ0) is 9.26. The van der Waals surface area contributed by atoms with E-state index in [2.05, 4.69) is 16.3 Å². The third-order valence-electron chi connectivity index (χ3n) is 2.16. The second kappa shape index (κ2) is 3.09. The van der Waals surface area contributed by atoms with Crippen LogP contribution in [0.15, 0.2) is 24.5 Å². The van der Waals surface area contributed by atoms with Crippen molar-refractivity contribution in [3.05, 3.63) is 30.2 Å². The van der Waals surface area contributed by atoms with Gasteiger partial charge < -0.3 is 9.14 Å². The van der Waals surface area contributed by atoms with Gasteiger partial charge in [0.25, 0.3) is 0 Å². The van der Waals surface area contributed by atoms with Crippen LogP contribution in [-0.2, 0) is 6.42 Å². The SMILES string of the molecule is CCc1cnc2c(OC)cccn12. The molecule has 2 aromatic rings. The van der Waals surface area contributed by atoms with Crippen LogP contribution < -0.4 is 4.74 Å². The molecule has 2 rings (SSSR count). The van der Waals surface area contributed by atoms with Crippen LogP contribution in [0.5, 0.6) is 5.75 Å². The Kier molecular flexibility index (Phi) is 1.93. The smallest absolute Gasteiger partial charge is 0.179 e. The first-order chi connectivity index (χ1) is 6.36. The zero-order valence-corrected chi connectivity index (χ0v) is 7.82. The molecule has 0 bridgehead atoms. The lowest BCUT2D eigenvalue weighted by Crippen LogP contribution is -1.92. The molecule has 3 heteroatoms. The number of nitrogens with zero attached hydrogens (tertiary/aromatic N) is 2. The Bertz CT molecular complexity index is 420. The van der Waals surface area contributed by atoms with Gasteiger partial charge in [0, 0.05) is 18.1 Å². The van der Waals surface area contributed by atoms with E-state index >= 15 is 0 Å². The quantitative estimate of drug-likeness (QED) is 0.698. The van der Waals surface area contributed by atoms with Crippen molar-refractivity contribution in [3.63, 3.8) is 0 Å². The second-order valence-electron chi connectivity index (χ2n) is 2.87. The zero-order valence-electron chi connectivity index (χ0n) is 7.82. The number of ether oxygens (including phenoxy) is 1. The molecule has 0 saturated carbocycles. The molecule has 0 amide bonds. The van der Waals surface area contributed by atoms with Crippen molar-refractivity contribution in [2.24, 2.45) is 0 Å². The van der Waals surface area contributed by atoms with Gasteiger partial charge in [-0.05, 0) is 18.6 Å². The van der Waals surface area contributed by atoms with Gasteiger partial charge in [-0.15, -0.1) is 0 Å². The minimum Gasteiger partial charge on any atom is -0.493 e. The van der Waals surface area contributed by atoms with E-state index in [1.165, 1.54) is 5.69 Å². The molecule has 68 valence electrons.